The van der Waals surface area contributed by atoms with Crippen molar-refractivity contribution in [3.8, 4) is 0 Å². The highest BCUT2D eigenvalue weighted by atomic mass is 35.5. The molecule has 2 saturated carbocycles. The molecular weight excluding hydrogens is 182 g/mol. The minimum absolute atomic E-state index is 0. The lowest BCUT2D eigenvalue weighted by atomic mass is 9.64. The van der Waals surface area contributed by atoms with Crippen molar-refractivity contribution in [3.05, 3.63) is 0 Å². The van der Waals surface area contributed by atoms with Gasteiger partial charge in [0, 0.05) is 5.54 Å². The number of rotatable bonds is 1. The largest absolute Gasteiger partial charge is 1.00 e. The van der Waals surface area contributed by atoms with Gasteiger partial charge >= 0.3 is 1.43 Å². The molecule has 0 amide bonds. The zero-order valence-electron chi connectivity index (χ0n) is 10.2. The van der Waals surface area contributed by atoms with Crippen molar-refractivity contribution in [2.24, 2.45) is 17.3 Å². The molecule has 2 aliphatic rings. The Morgan fingerprint density at radius 3 is 2.00 bits per heavy atom. The second kappa shape index (κ2) is 3.13. The molecule has 0 aromatic rings. The second-order valence-electron chi connectivity index (χ2n) is 5.38. The SMILES string of the molecule is CNC1(C)C2CCC(C2)C1(C)C.[Cl-].[H+]. The molecule has 0 radical (unpaired) electrons. The molecule has 1 nitrogen and oxygen atoms in total. The second-order valence-corrected chi connectivity index (χ2v) is 5.38. The Kier molecular flexibility index (Phi) is 2.73. The summed E-state index contributed by atoms with van der Waals surface area (Å²) in [4.78, 5) is 0. The lowest BCUT2D eigenvalue weighted by Gasteiger charge is -2.47. The van der Waals surface area contributed by atoms with Gasteiger partial charge in [-0.05, 0) is 50.5 Å². The van der Waals surface area contributed by atoms with Crippen LogP contribution in [0.25, 0.3) is 0 Å². The van der Waals surface area contributed by atoms with E-state index in [0.29, 0.717) is 11.0 Å². The summed E-state index contributed by atoms with van der Waals surface area (Å²) in [6.07, 6.45) is 4.38. The quantitative estimate of drug-likeness (QED) is 0.608. The van der Waals surface area contributed by atoms with Gasteiger partial charge in [-0.2, -0.15) is 0 Å². The van der Waals surface area contributed by atoms with E-state index in [-0.39, 0.29) is 13.8 Å². The summed E-state index contributed by atoms with van der Waals surface area (Å²) in [5.41, 5.74) is 0.903. The zero-order valence-corrected chi connectivity index (χ0v) is 9.91. The zero-order chi connectivity index (χ0) is 8.98. The van der Waals surface area contributed by atoms with Crippen LogP contribution in [0.4, 0.5) is 0 Å². The highest BCUT2D eigenvalue weighted by Gasteiger charge is 2.59. The molecule has 2 fully saturated rings. The molecule has 0 saturated heterocycles. The molecule has 0 spiro atoms. The fraction of sp³-hybridized carbons (Fsp3) is 1.00. The van der Waals surface area contributed by atoms with Gasteiger partial charge < -0.3 is 17.7 Å². The van der Waals surface area contributed by atoms with Crippen LogP contribution in [0.15, 0.2) is 0 Å². The van der Waals surface area contributed by atoms with Gasteiger partial charge in [-0.3, -0.25) is 0 Å². The van der Waals surface area contributed by atoms with Crippen LogP contribution in [0.3, 0.4) is 0 Å². The van der Waals surface area contributed by atoms with Crippen LogP contribution >= 0.6 is 0 Å². The Morgan fingerprint density at radius 2 is 1.69 bits per heavy atom. The first-order valence-corrected chi connectivity index (χ1v) is 5.21. The smallest absolute Gasteiger partial charge is 1.00 e. The van der Waals surface area contributed by atoms with Crippen LogP contribution in [0.2, 0.25) is 0 Å². The Morgan fingerprint density at radius 1 is 1.15 bits per heavy atom. The van der Waals surface area contributed by atoms with Gasteiger partial charge in [0.05, 0.1) is 0 Å². The van der Waals surface area contributed by atoms with Crippen LogP contribution in [0.1, 0.15) is 41.5 Å². The maximum absolute atomic E-state index is 3.56. The molecule has 0 aliphatic heterocycles. The maximum atomic E-state index is 3.56. The number of hydrogen-bond donors (Lipinski definition) is 1. The average Bonchev–Trinajstić information content (AvgIpc) is 2.55. The monoisotopic (exact) mass is 203 g/mol. The van der Waals surface area contributed by atoms with Crippen LogP contribution in [0, 0.1) is 17.3 Å². The molecular formula is C11H22ClN. The Bertz CT molecular complexity index is 207. The van der Waals surface area contributed by atoms with Crippen LogP contribution in [0.5, 0.6) is 0 Å². The highest BCUT2D eigenvalue weighted by Crippen LogP contribution is 2.60. The summed E-state index contributed by atoms with van der Waals surface area (Å²) in [7, 11) is 2.13. The first-order valence-electron chi connectivity index (χ1n) is 5.21. The lowest BCUT2D eigenvalue weighted by Crippen LogP contribution is -3.00. The Labute approximate surface area is 89.6 Å². The topological polar surface area (TPSA) is 12.0 Å². The highest BCUT2D eigenvalue weighted by molar-refractivity contribution is 5.13. The fourth-order valence-corrected chi connectivity index (χ4v) is 3.64. The summed E-state index contributed by atoms with van der Waals surface area (Å²) >= 11 is 0. The third kappa shape index (κ3) is 1.16. The van der Waals surface area contributed by atoms with Crippen molar-refractivity contribution < 1.29 is 13.8 Å². The van der Waals surface area contributed by atoms with Gasteiger partial charge in [-0.1, -0.05) is 13.8 Å². The van der Waals surface area contributed by atoms with Crippen molar-refractivity contribution in [2.45, 2.75) is 45.6 Å². The summed E-state index contributed by atoms with van der Waals surface area (Å²) in [6, 6.07) is 0. The first-order chi connectivity index (χ1) is 5.52. The van der Waals surface area contributed by atoms with Gasteiger partial charge in [0.2, 0.25) is 0 Å². The van der Waals surface area contributed by atoms with Crippen molar-refractivity contribution in [3.63, 3.8) is 0 Å². The van der Waals surface area contributed by atoms with Crippen LogP contribution in [-0.4, -0.2) is 12.6 Å². The predicted molar refractivity (Wildman–Crippen MR) is 53.2 cm³/mol. The molecule has 2 aliphatic carbocycles. The maximum Gasteiger partial charge on any atom is 1.00 e. The molecule has 3 atom stereocenters. The molecule has 2 rings (SSSR count). The van der Waals surface area contributed by atoms with E-state index in [2.05, 4.69) is 33.1 Å². The molecule has 2 bridgehead atoms. The molecule has 78 valence electrons. The molecule has 2 heteroatoms. The fourth-order valence-electron chi connectivity index (χ4n) is 3.64. The van der Waals surface area contributed by atoms with E-state index >= 15 is 0 Å². The van der Waals surface area contributed by atoms with E-state index in [1.807, 2.05) is 0 Å². The first kappa shape index (κ1) is 11.3. The number of fused-ring (bicyclic) bond motifs is 2. The molecule has 0 aromatic carbocycles. The summed E-state index contributed by atoms with van der Waals surface area (Å²) < 4.78 is 0. The van der Waals surface area contributed by atoms with Crippen molar-refractivity contribution in [1.82, 2.24) is 5.32 Å². The molecule has 1 N–H and O–H groups in total. The molecule has 0 aromatic heterocycles. The van der Waals surface area contributed by atoms with Gasteiger partial charge in [-0.15, -0.1) is 0 Å². The van der Waals surface area contributed by atoms with E-state index in [9.17, 15) is 0 Å². The molecule has 13 heavy (non-hydrogen) atoms. The average molecular weight is 204 g/mol. The van der Waals surface area contributed by atoms with E-state index < -0.39 is 0 Å². The van der Waals surface area contributed by atoms with Crippen molar-refractivity contribution >= 4 is 0 Å². The van der Waals surface area contributed by atoms with Crippen LogP contribution in [-0.2, 0) is 0 Å². The van der Waals surface area contributed by atoms with E-state index in [1.165, 1.54) is 19.3 Å². The normalized spacial score (nSPS) is 46.2. The minimum atomic E-state index is 0. The van der Waals surface area contributed by atoms with E-state index in [1.54, 1.807) is 0 Å². The summed E-state index contributed by atoms with van der Waals surface area (Å²) in [5, 5.41) is 3.56. The van der Waals surface area contributed by atoms with Gasteiger partial charge in [0.1, 0.15) is 0 Å². The third-order valence-corrected chi connectivity index (χ3v) is 5.13. The molecule has 0 heterocycles. The lowest BCUT2D eigenvalue weighted by molar-refractivity contribution is -0.00000290. The van der Waals surface area contributed by atoms with Gasteiger partial charge in [0.15, 0.2) is 0 Å². The number of halogens is 1. The minimum Gasteiger partial charge on any atom is -1.00 e. The Hall–Kier alpha value is 0.250. The third-order valence-electron chi connectivity index (χ3n) is 5.13. The van der Waals surface area contributed by atoms with Gasteiger partial charge in [-0.25, -0.2) is 0 Å². The number of nitrogens with one attached hydrogen (secondary N) is 1. The molecule has 3 unspecified atom stereocenters. The van der Waals surface area contributed by atoms with Crippen molar-refractivity contribution in [2.75, 3.05) is 7.05 Å². The summed E-state index contributed by atoms with van der Waals surface area (Å²) in [5.74, 6) is 1.91. The Balaban J connectivity index is 0.000000845. The van der Waals surface area contributed by atoms with E-state index in [4.69, 9.17) is 0 Å². The predicted octanol–water partition coefficient (Wildman–Crippen LogP) is -0.463. The standard InChI is InChI=1S/C11H21N.ClH/c1-10(2)8-5-6-9(7-8)11(10,3)12-4;/h8-9,12H,5-7H2,1-4H3;1H. The number of hydrogen-bond acceptors (Lipinski definition) is 1. The van der Waals surface area contributed by atoms with Gasteiger partial charge in [0.25, 0.3) is 0 Å². The van der Waals surface area contributed by atoms with Crippen LogP contribution < -0.4 is 17.7 Å². The van der Waals surface area contributed by atoms with Crippen molar-refractivity contribution in [1.29, 1.82) is 0 Å². The summed E-state index contributed by atoms with van der Waals surface area (Å²) in [6.45, 7) is 7.29. The van der Waals surface area contributed by atoms with E-state index in [0.717, 1.165) is 11.8 Å².